The largest absolute Gasteiger partial charge is 0.494 e. The number of likely N-dealkylation sites (tertiary alicyclic amines) is 1. The highest BCUT2D eigenvalue weighted by atomic mass is 16.6. The molecule has 0 saturated carbocycles. The maximum absolute atomic E-state index is 12.9. The van der Waals surface area contributed by atoms with E-state index in [2.05, 4.69) is 0 Å². The van der Waals surface area contributed by atoms with Crippen LogP contribution in [0.1, 0.15) is 62.9 Å². The molecule has 0 aliphatic carbocycles. The number of allylic oxidation sites excluding steroid dienone is 1. The molecule has 7 nitrogen and oxygen atoms in total. The van der Waals surface area contributed by atoms with E-state index in [9.17, 15) is 9.59 Å². The van der Waals surface area contributed by atoms with E-state index in [4.69, 9.17) is 18.9 Å². The number of rotatable bonds is 7. The monoisotopic (exact) mass is 483 g/mol. The Morgan fingerprint density at radius 3 is 2.57 bits per heavy atom. The highest BCUT2D eigenvalue weighted by molar-refractivity contribution is 6.06. The number of fused-ring (bicyclic) bond motifs is 1. The molecule has 35 heavy (non-hydrogen) atoms. The molecular formula is C28H37NO6. The van der Waals surface area contributed by atoms with Crippen molar-refractivity contribution < 1.29 is 28.5 Å². The quantitative estimate of drug-likeness (QED) is 0.371. The number of ether oxygens (including phenoxy) is 4. The van der Waals surface area contributed by atoms with Gasteiger partial charge in [-0.3, -0.25) is 0 Å². The van der Waals surface area contributed by atoms with Crippen LogP contribution in [0.25, 0.3) is 10.8 Å². The number of benzene rings is 2. The number of amides is 1. The molecule has 2 aromatic carbocycles. The van der Waals surface area contributed by atoms with Gasteiger partial charge in [0.1, 0.15) is 11.4 Å². The maximum Gasteiger partial charge on any atom is 0.410 e. The Bertz CT molecular complexity index is 1070. The Morgan fingerprint density at radius 1 is 1.14 bits per heavy atom. The number of methoxy groups -OCH3 is 1. The topological polar surface area (TPSA) is 74.3 Å². The Morgan fingerprint density at radius 2 is 1.91 bits per heavy atom. The molecule has 1 heterocycles. The van der Waals surface area contributed by atoms with E-state index in [1.165, 1.54) is 7.11 Å². The highest BCUT2D eigenvalue weighted by Gasteiger charge is 2.36. The summed E-state index contributed by atoms with van der Waals surface area (Å²) in [6.45, 7) is 11.5. The fourth-order valence-corrected chi connectivity index (χ4v) is 4.41. The van der Waals surface area contributed by atoms with Gasteiger partial charge < -0.3 is 23.8 Å². The van der Waals surface area contributed by atoms with Crippen molar-refractivity contribution in [3.8, 4) is 5.75 Å². The van der Waals surface area contributed by atoms with Crippen molar-refractivity contribution in [2.75, 3.05) is 33.4 Å². The second-order valence-electron chi connectivity index (χ2n) is 9.60. The lowest BCUT2D eigenvalue weighted by atomic mass is 9.84. The molecule has 3 rings (SSSR count). The zero-order chi connectivity index (χ0) is 25.6. The summed E-state index contributed by atoms with van der Waals surface area (Å²) in [7, 11) is 1.38. The average molecular weight is 484 g/mol. The van der Waals surface area contributed by atoms with Gasteiger partial charge in [0.25, 0.3) is 0 Å². The van der Waals surface area contributed by atoms with Crippen LogP contribution in [0.5, 0.6) is 5.75 Å². The van der Waals surface area contributed by atoms with E-state index in [0.29, 0.717) is 38.3 Å². The molecule has 190 valence electrons. The van der Waals surface area contributed by atoms with Crippen molar-refractivity contribution in [2.24, 2.45) is 0 Å². The van der Waals surface area contributed by atoms with Crippen molar-refractivity contribution in [3.63, 3.8) is 0 Å². The lowest BCUT2D eigenvalue weighted by molar-refractivity contribution is -0.0147. The molecule has 1 aliphatic heterocycles. The van der Waals surface area contributed by atoms with Gasteiger partial charge in [0, 0.05) is 19.0 Å². The third-order valence-corrected chi connectivity index (χ3v) is 5.98. The van der Waals surface area contributed by atoms with Crippen molar-refractivity contribution in [3.05, 3.63) is 53.6 Å². The summed E-state index contributed by atoms with van der Waals surface area (Å²) in [4.78, 5) is 27.1. The zero-order valence-electron chi connectivity index (χ0n) is 21.6. The van der Waals surface area contributed by atoms with E-state index >= 15 is 0 Å². The van der Waals surface area contributed by atoms with E-state index in [-0.39, 0.29) is 18.1 Å². The Hall–Kier alpha value is -3.06. The molecule has 2 unspecified atom stereocenters. The van der Waals surface area contributed by atoms with Crippen LogP contribution < -0.4 is 4.74 Å². The Labute approximate surface area is 208 Å². The summed E-state index contributed by atoms with van der Waals surface area (Å²) >= 11 is 0. The SMILES string of the molecule is C/C=C/COC1CCN(C(=O)OC(C)(C)C)CC1c1ccc(C(=O)OC)c2ccc(OCC)cc12. The minimum absolute atomic E-state index is 0.104. The number of hydrogen-bond donors (Lipinski definition) is 0. The van der Waals surface area contributed by atoms with Crippen LogP contribution in [0, 0.1) is 0 Å². The smallest absolute Gasteiger partial charge is 0.410 e. The molecule has 0 aromatic heterocycles. The third-order valence-electron chi connectivity index (χ3n) is 5.98. The first-order valence-corrected chi connectivity index (χ1v) is 12.2. The van der Waals surface area contributed by atoms with Gasteiger partial charge in [-0.05, 0) is 81.6 Å². The number of carbonyl (C=O) groups is 2. The second-order valence-corrected chi connectivity index (χ2v) is 9.60. The van der Waals surface area contributed by atoms with Crippen LogP contribution >= 0.6 is 0 Å². The van der Waals surface area contributed by atoms with Crippen molar-refractivity contribution in [1.82, 2.24) is 4.90 Å². The van der Waals surface area contributed by atoms with Gasteiger partial charge in [-0.25, -0.2) is 9.59 Å². The van der Waals surface area contributed by atoms with Gasteiger partial charge in [0.2, 0.25) is 0 Å². The van der Waals surface area contributed by atoms with Crippen molar-refractivity contribution in [1.29, 1.82) is 0 Å². The van der Waals surface area contributed by atoms with E-state index in [1.807, 2.05) is 71.0 Å². The van der Waals surface area contributed by atoms with Crippen LogP contribution in [-0.4, -0.2) is 62.1 Å². The fourth-order valence-electron chi connectivity index (χ4n) is 4.41. The Kier molecular flexibility index (Phi) is 8.78. The molecule has 0 N–H and O–H groups in total. The maximum atomic E-state index is 12.9. The zero-order valence-corrected chi connectivity index (χ0v) is 21.6. The number of esters is 1. The first-order valence-electron chi connectivity index (χ1n) is 12.2. The molecular weight excluding hydrogens is 446 g/mol. The summed E-state index contributed by atoms with van der Waals surface area (Å²) in [6.07, 6.45) is 4.17. The van der Waals surface area contributed by atoms with Gasteiger partial charge in [-0.1, -0.05) is 18.2 Å². The predicted octanol–water partition coefficient (Wildman–Crippen LogP) is 5.71. The minimum Gasteiger partial charge on any atom is -0.494 e. The van der Waals surface area contributed by atoms with Crippen LogP contribution in [-0.2, 0) is 14.2 Å². The predicted molar refractivity (Wildman–Crippen MR) is 136 cm³/mol. The average Bonchev–Trinajstić information content (AvgIpc) is 2.82. The van der Waals surface area contributed by atoms with Crippen LogP contribution in [0.15, 0.2) is 42.5 Å². The van der Waals surface area contributed by atoms with E-state index in [0.717, 1.165) is 22.1 Å². The third kappa shape index (κ3) is 6.54. The standard InChI is InChI=1S/C28H37NO6/c1-7-9-16-34-25-14-15-29(27(31)35-28(3,4)5)18-24(25)21-12-13-22(26(30)32-6)20-11-10-19(33-8-2)17-23(20)21/h7,9-13,17,24-25H,8,14-16,18H2,1-6H3/b9-7+. The number of nitrogens with zero attached hydrogens (tertiary/aromatic N) is 1. The summed E-state index contributed by atoms with van der Waals surface area (Å²) in [5, 5.41) is 1.66. The molecule has 0 bridgehead atoms. The minimum atomic E-state index is -0.576. The van der Waals surface area contributed by atoms with E-state index in [1.54, 1.807) is 11.0 Å². The van der Waals surface area contributed by atoms with Gasteiger partial charge in [-0.2, -0.15) is 0 Å². The first-order chi connectivity index (χ1) is 16.7. The highest BCUT2D eigenvalue weighted by Crippen LogP contribution is 2.37. The molecule has 7 heteroatoms. The van der Waals surface area contributed by atoms with Gasteiger partial charge in [0.15, 0.2) is 0 Å². The summed E-state index contributed by atoms with van der Waals surface area (Å²) in [6, 6.07) is 9.44. The Balaban J connectivity index is 2.08. The molecule has 1 saturated heterocycles. The second kappa shape index (κ2) is 11.6. The lowest BCUT2D eigenvalue weighted by Crippen LogP contribution is -2.47. The van der Waals surface area contributed by atoms with Crippen LogP contribution in [0.3, 0.4) is 0 Å². The molecule has 1 fully saturated rings. The number of hydrogen-bond acceptors (Lipinski definition) is 6. The molecule has 1 amide bonds. The first kappa shape index (κ1) is 26.5. The molecule has 2 atom stereocenters. The molecule has 2 aromatic rings. The van der Waals surface area contributed by atoms with Crippen molar-refractivity contribution >= 4 is 22.8 Å². The summed E-state index contributed by atoms with van der Waals surface area (Å²) in [5.74, 6) is 0.202. The number of piperidine rings is 1. The van der Waals surface area contributed by atoms with Gasteiger partial charge in [0.05, 0.1) is 32.0 Å². The molecule has 0 spiro atoms. The van der Waals surface area contributed by atoms with E-state index < -0.39 is 11.6 Å². The molecule has 1 aliphatic rings. The van der Waals surface area contributed by atoms with Gasteiger partial charge >= 0.3 is 12.1 Å². The van der Waals surface area contributed by atoms with Crippen molar-refractivity contribution in [2.45, 2.75) is 58.7 Å². The fraction of sp³-hybridized carbons (Fsp3) is 0.500. The molecule has 0 radical (unpaired) electrons. The lowest BCUT2D eigenvalue weighted by Gasteiger charge is -2.39. The summed E-state index contributed by atoms with van der Waals surface area (Å²) < 4.78 is 22.7. The number of carbonyl (C=O) groups excluding carboxylic acids is 2. The summed E-state index contributed by atoms with van der Waals surface area (Å²) in [5.41, 5.74) is 0.904. The van der Waals surface area contributed by atoms with Gasteiger partial charge in [-0.15, -0.1) is 0 Å². The normalized spacial score (nSPS) is 18.6. The van der Waals surface area contributed by atoms with Crippen LogP contribution in [0.2, 0.25) is 0 Å². The van der Waals surface area contributed by atoms with Crippen LogP contribution in [0.4, 0.5) is 4.79 Å².